The summed E-state index contributed by atoms with van der Waals surface area (Å²) in [6, 6.07) is 8.24. The van der Waals surface area contributed by atoms with Crippen LogP contribution in [-0.2, 0) is 16.6 Å². The monoisotopic (exact) mass is 402 g/mol. The second-order valence-electron chi connectivity index (χ2n) is 7.93. The maximum Gasteiger partial charge on any atom is 0.260 e. The molecule has 0 aliphatic carbocycles. The molecule has 1 N–H and O–H groups in total. The third-order valence-electron chi connectivity index (χ3n) is 4.36. The van der Waals surface area contributed by atoms with Gasteiger partial charge in [-0.05, 0) is 55.7 Å². The van der Waals surface area contributed by atoms with E-state index in [-0.39, 0.29) is 23.2 Å². The van der Waals surface area contributed by atoms with Crippen molar-refractivity contribution in [1.82, 2.24) is 9.29 Å². The topological polar surface area (TPSA) is 79.7 Å². The number of ether oxygens (including phenoxy) is 1. The average Bonchev–Trinajstić information content (AvgIpc) is 2.62. The van der Waals surface area contributed by atoms with Crippen molar-refractivity contribution in [1.29, 1.82) is 0 Å². The Morgan fingerprint density at radius 1 is 1.25 bits per heavy atom. The maximum atomic E-state index is 13.1. The number of fused-ring (bicyclic) bond motifs is 1. The second-order valence-corrected chi connectivity index (χ2v) is 9.82. The van der Waals surface area contributed by atoms with E-state index in [1.165, 1.54) is 16.6 Å². The summed E-state index contributed by atoms with van der Waals surface area (Å²) in [6.45, 7) is 8.21. The molecule has 0 atom stereocenters. The van der Waals surface area contributed by atoms with Gasteiger partial charge in [-0.15, -0.1) is 0 Å². The predicted octanol–water partition coefficient (Wildman–Crippen LogP) is 3.82. The SMILES string of the molecule is CC(C)CN(Cc1cc(O)c2c(c1)C=CC(C)(C)O2)S(=O)(=O)c1ccccn1. The van der Waals surface area contributed by atoms with E-state index in [1.54, 1.807) is 18.2 Å². The molecule has 0 saturated heterocycles. The van der Waals surface area contributed by atoms with Gasteiger partial charge in [-0.2, -0.15) is 4.31 Å². The lowest BCUT2D eigenvalue weighted by molar-refractivity contribution is 0.152. The molecule has 2 aromatic rings. The number of nitrogens with zero attached hydrogens (tertiary/aromatic N) is 2. The molecule has 1 aromatic carbocycles. The molecule has 6 nitrogen and oxygen atoms in total. The van der Waals surface area contributed by atoms with Crippen LogP contribution in [0.5, 0.6) is 11.5 Å². The van der Waals surface area contributed by atoms with Crippen LogP contribution in [0.1, 0.15) is 38.8 Å². The fourth-order valence-corrected chi connectivity index (χ4v) is 4.62. The molecule has 2 heterocycles. The van der Waals surface area contributed by atoms with Gasteiger partial charge in [0, 0.05) is 24.8 Å². The van der Waals surface area contributed by atoms with Gasteiger partial charge in [0.05, 0.1) is 0 Å². The Labute approximate surface area is 166 Å². The number of benzene rings is 1. The molecule has 0 amide bonds. The van der Waals surface area contributed by atoms with E-state index in [1.807, 2.05) is 45.9 Å². The van der Waals surface area contributed by atoms with Crippen molar-refractivity contribution >= 4 is 16.1 Å². The summed E-state index contributed by atoms with van der Waals surface area (Å²) in [6.07, 6.45) is 5.27. The number of hydrogen-bond donors (Lipinski definition) is 1. The highest BCUT2D eigenvalue weighted by molar-refractivity contribution is 7.89. The number of aromatic hydroxyl groups is 1. The molecule has 0 bridgehead atoms. The van der Waals surface area contributed by atoms with Gasteiger partial charge in [0.25, 0.3) is 10.0 Å². The molecule has 7 heteroatoms. The van der Waals surface area contributed by atoms with Gasteiger partial charge in [-0.25, -0.2) is 13.4 Å². The van der Waals surface area contributed by atoms with Crippen molar-refractivity contribution in [3.8, 4) is 11.5 Å². The Kier molecular flexibility index (Phi) is 5.50. The highest BCUT2D eigenvalue weighted by Crippen LogP contribution is 2.39. The fourth-order valence-electron chi connectivity index (χ4n) is 3.10. The first kappa shape index (κ1) is 20.4. The molecule has 0 spiro atoms. The molecule has 0 saturated carbocycles. The van der Waals surface area contributed by atoms with Gasteiger partial charge in [0.15, 0.2) is 16.5 Å². The first-order chi connectivity index (χ1) is 13.1. The van der Waals surface area contributed by atoms with Gasteiger partial charge in [0.1, 0.15) is 5.60 Å². The summed E-state index contributed by atoms with van der Waals surface area (Å²) >= 11 is 0. The molecule has 0 fully saturated rings. The summed E-state index contributed by atoms with van der Waals surface area (Å²) in [7, 11) is -3.76. The molecule has 0 radical (unpaired) electrons. The highest BCUT2D eigenvalue weighted by Gasteiger charge is 2.28. The summed E-state index contributed by atoms with van der Waals surface area (Å²) in [5.74, 6) is 0.553. The highest BCUT2D eigenvalue weighted by atomic mass is 32.2. The first-order valence-corrected chi connectivity index (χ1v) is 10.7. The van der Waals surface area contributed by atoms with Crippen LogP contribution in [0.2, 0.25) is 0 Å². The van der Waals surface area contributed by atoms with E-state index in [0.29, 0.717) is 17.9 Å². The van der Waals surface area contributed by atoms with Crippen molar-refractivity contribution in [3.05, 3.63) is 53.7 Å². The van der Waals surface area contributed by atoms with Crippen LogP contribution in [0.3, 0.4) is 0 Å². The third kappa shape index (κ3) is 4.36. The number of hydrogen-bond acceptors (Lipinski definition) is 5. The molecule has 0 unspecified atom stereocenters. The van der Waals surface area contributed by atoms with Crippen molar-refractivity contribution in [2.75, 3.05) is 6.54 Å². The Bertz CT molecular complexity index is 983. The van der Waals surface area contributed by atoms with E-state index < -0.39 is 15.6 Å². The Morgan fingerprint density at radius 3 is 2.64 bits per heavy atom. The maximum absolute atomic E-state index is 13.1. The number of rotatable bonds is 6. The zero-order valence-corrected chi connectivity index (χ0v) is 17.4. The van der Waals surface area contributed by atoms with E-state index in [0.717, 1.165) is 5.56 Å². The van der Waals surface area contributed by atoms with Gasteiger partial charge in [-0.1, -0.05) is 26.0 Å². The molecule has 28 heavy (non-hydrogen) atoms. The van der Waals surface area contributed by atoms with E-state index in [4.69, 9.17) is 4.74 Å². The van der Waals surface area contributed by atoms with Gasteiger partial charge in [0.2, 0.25) is 0 Å². The van der Waals surface area contributed by atoms with Gasteiger partial charge < -0.3 is 9.84 Å². The lowest BCUT2D eigenvalue weighted by Gasteiger charge is -2.29. The second kappa shape index (κ2) is 7.56. The van der Waals surface area contributed by atoms with Crippen LogP contribution in [0, 0.1) is 5.92 Å². The molecule has 150 valence electrons. The quantitative estimate of drug-likeness (QED) is 0.795. The van der Waals surface area contributed by atoms with Crippen LogP contribution in [0.15, 0.2) is 47.6 Å². The molecule has 1 aromatic heterocycles. The lowest BCUT2D eigenvalue weighted by atomic mass is 10.00. The van der Waals surface area contributed by atoms with E-state index in [9.17, 15) is 13.5 Å². The minimum Gasteiger partial charge on any atom is -0.504 e. The minimum absolute atomic E-state index is 0.00431. The van der Waals surface area contributed by atoms with Crippen LogP contribution < -0.4 is 4.74 Å². The molecule has 1 aliphatic heterocycles. The number of pyridine rings is 1. The molecule has 1 aliphatic rings. The predicted molar refractivity (Wildman–Crippen MR) is 109 cm³/mol. The number of phenols is 1. The van der Waals surface area contributed by atoms with Crippen molar-refractivity contribution < 1.29 is 18.3 Å². The summed E-state index contributed by atoms with van der Waals surface area (Å²) in [5, 5.41) is 10.5. The van der Waals surface area contributed by atoms with Crippen molar-refractivity contribution in [3.63, 3.8) is 0 Å². The zero-order chi connectivity index (χ0) is 20.5. The first-order valence-electron chi connectivity index (χ1n) is 9.24. The number of aromatic nitrogens is 1. The largest absolute Gasteiger partial charge is 0.504 e. The smallest absolute Gasteiger partial charge is 0.260 e. The lowest BCUT2D eigenvalue weighted by Crippen LogP contribution is -2.34. The fraction of sp³-hybridized carbons (Fsp3) is 0.381. The molecular formula is C21H26N2O4S. The Morgan fingerprint density at radius 2 is 2.00 bits per heavy atom. The zero-order valence-electron chi connectivity index (χ0n) is 16.6. The van der Waals surface area contributed by atoms with Crippen LogP contribution in [0.25, 0.3) is 6.08 Å². The van der Waals surface area contributed by atoms with E-state index >= 15 is 0 Å². The Hall–Kier alpha value is -2.38. The summed E-state index contributed by atoms with van der Waals surface area (Å²) in [4.78, 5) is 4.01. The van der Waals surface area contributed by atoms with Gasteiger partial charge >= 0.3 is 0 Å². The summed E-state index contributed by atoms with van der Waals surface area (Å²) in [5.41, 5.74) is 0.913. The summed E-state index contributed by atoms with van der Waals surface area (Å²) < 4.78 is 33.4. The normalized spacial score (nSPS) is 15.5. The van der Waals surface area contributed by atoms with Crippen molar-refractivity contribution in [2.24, 2.45) is 5.92 Å². The minimum atomic E-state index is -3.76. The molecular weight excluding hydrogens is 376 g/mol. The number of phenolic OH excluding ortho intramolecular Hbond substituents is 1. The molecule has 3 rings (SSSR count). The van der Waals surface area contributed by atoms with Crippen LogP contribution in [0.4, 0.5) is 0 Å². The van der Waals surface area contributed by atoms with Crippen LogP contribution in [-0.4, -0.2) is 35.0 Å². The van der Waals surface area contributed by atoms with Gasteiger partial charge in [-0.3, -0.25) is 0 Å². The average molecular weight is 403 g/mol. The number of sulfonamides is 1. The third-order valence-corrected chi connectivity index (χ3v) is 6.08. The Balaban J connectivity index is 1.96. The van der Waals surface area contributed by atoms with E-state index in [2.05, 4.69) is 4.98 Å². The van der Waals surface area contributed by atoms with Crippen molar-refractivity contribution in [2.45, 2.75) is 44.9 Å². The van der Waals surface area contributed by atoms with Crippen LogP contribution >= 0.6 is 0 Å². The standard InChI is InChI=1S/C21H26N2O4S/c1-15(2)13-23(28(25,26)19-7-5-6-10-22-19)14-16-11-17-8-9-21(3,4)27-20(17)18(24)12-16/h5-12,15,24H,13-14H2,1-4H3.